The number of alkyl halides is 5. The standard InChI is InChI=1S/C17H12F5NO2/c18-16(19)25-12-8-5-11(6-9-12)7-10-15(24)23-14-4-2-1-3-13(14)17(20,21)22/h1-10,16H,(H,23,24)/b10-7+. The van der Waals surface area contributed by atoms with Crippen molar-refractivity contribution in [2.75, 3.05) is 5.32 Å². The van der Waals surface area contributed by atoms with Crippen LogP contribution in [0.4, 0.5) is 27.6 Å². The molecular weight excluding hydrogens is 345 g/mol. The number of benzene rings is 2. The van der Waals surface area contributed by atoms with Crippen molar-refractivity contribution in [3.8, 4) is 5.75 Å². The fourth-order valence-corrected chi connectivity index (χ4v) is 1.95. The highest BCUT2D eigenvalue weighted by molar-refractivity contribution is 6.02. The van der Waals surface area contributed by atoms with Gasteiger partial charge < -0.3 is 10.1 Å². The summed E-state index contributed by atoms with van der Waals surface area (Å²) in [4.78, 5) is 11.8. The van der Waals surface area contributed by atoms with Gasteiger partial charge in [0, 0.05) is 6.08 Å². The average Bonchev–Trinajstić information content (AvgIpc) is 2.53. The van der Waals surface area contributed by atoms with E-state index >= 15 is 0 Å². The lowest BCUT2D eigenvalue weighted by molar-refractivity contribution is -0.137. The normalized spacial score (nSPS) is 11.8. The Hall–Kier alpha value is -2.90. The van der Waals surface area contributed by atoms with E-state index in [0.29, 0.717) is 5.56 Å². The first-order valence-electron chi connectivity index (χ1n) is 6.96. The molecule has 2 aromatic rings. The smallest absolute Gasteiger partial charge is 0.418 e. The molecule has 0 aliphatic heterocycles. The third-order valence-corrected chi connectivity index (χ3v) is 3.02. The quantitative estimate of drug-likeness (QED) is 0.607. The van der Waals surface area contributed by atoms with E-state index in [1.807, 2.05) is 0 Å². The number of amides is 1. The summed E-state index contributed by atoms with van der Waals surface area (Å²) in [6.07, 6.45) is -2.22. The van der Waals surface area contributed by atoms with Crippen molar-refractivity contribution in [1.82, 2.24) is 0 Å². The van der Waals surface area contributed by atoms with Crippen LogP contribution in [0.25, 0.3) is 6.08 Å². The van der Waals surface area contributed by atoms with Gasteiger partial charge in [0.15, 0.2) is 0 Å². The zero-order chi connectivity index (χ0) is 18.4. The molecule has 0 aliphatic rings. The highest BCUT2D eigenvalue weighted by Gasteiger charge is 2.33. The molecule has 0 spiro atoms. The molecule has 2 rings (SSSR count). The van der Waals surface area contributed by atoms with Crippen LogP contribution in [0.1, 0.15) is 11.1 Å². The van der Waals surface area contributed by atoms with Crippen LogP contribution in [0.15, 0.2) is 54.6 Å². The van der Waals surface area contributed by atoms with Crippen molar-refractivity contribution >= 4 is 17.7 Å². The van der Waals surface area contributed by atoms with Gasteiger partial charge in [-0.15, -0.1) is 0 Å². The van der Waals surface area contributed by atoms with E-state index in [1.54, 1.807) is 0 Å². The Morgan fingerprint density at radius 3 is 2.28 bits per heavy atom. The van der Waals surface area contributed by atoms with Gasteiger partial charge in [-0.2, -0.15) is 22.0 Å². The summed E-state index contributed by atoms with van der Waals surface area (Å²) in [5, 5.41) is 2.16. The third kappa shape index (κ3) is 5.59. The lowest BCUT2D eigenvalue weighted by atomic mass is 10.1. The molecule has 0 bridgehead atoms. The summed E-state index contributed by atoms with van der Waals surface area (Å²) >= 11 is 0. The summed E-state index contributed by atoms with van der Waals surface area (Å²) in [7, 11) is 0. The fraction of sp³-hybridized carbons (Fsp3) is 0.118. The van der Waals surface area contributed by atoms with E-state index < -0.39 is 24.3 Å². The molecule has 1 N–H and O–H groups in total. The molecule has 0 heterocycles. The Bertz CT molecular complexity index is 754. The average molecular weight is 357 g/mol. The van der Waals surface area contributed by atoms with Crippen LogP contribution in [0, 0.1) is 0 Å². The monoisotopic (exact) mass is 357 g/mol. The number of halogens is 5. The predicted octanol–water partition coefficient (Wildman–Crippen LogP) is 4.96. The van der Waals surface area contributed by atoms with E-state index in [9.17, 15) is 26.7 Å². The number of hydrogen-bond donors (Lipinski definition) is 1. The van der Waals surface area contributed by atoms with Crippen LogP contribution in [0.5, 0.6) is 5.75 Å². The van der Waals surface area contributed by atoms with Gasteiger partial charge >= 0.3 is 12.8 Å². The Morgan fingerprint density at radius 1 is 1.04 bits per heavy atom. The highest BCUT2D eigenvalue weighted by atomic mass is 19.4. The minimum absolute atomic E-state index is 0.0456. The minimum atomic E-state index is -4.59. The van der Waals surface area contributed by atoms with Crippen LogP contribution in [0.2, 0.25) is 0 Å². The molecule has 132 valence electrons. The topological polar surface area (TPSA) is 38.3 Å². The van der Waals surface area contributed by atoms with Crippen LogP contribution < -0.4 is 10.1 Å². The number of para-hydroxylation sites is 1. The van der Waals surface area contributed by atoms with Gasteiger partial charge in [-0.1, -0.05) is 24.3 Å². The third-order valence-electron chi connectivity index (χ3n) is 3.02. The molecule has 0 aliphatic carbocycles. The second-order valence-corrected chi connectivity index (χ2v) is 4.81. The molecular formula is C17H12F5NO2. The molecule has 1 amide bonds. The summed E-state index contributed by atoms with van der Waals surface area (Å²) < 4.78 is 66.8. The van der Waals surface area contributed by atoms with E-state index in [1.165, 1.54) is 42.5 Å². The highest BCUT2D eigenvalue weighted by Crippen LogP contribution is 2.34. The molecule has 0 atom stereocenters. The fourth-order valence-electron chi connectivity index (χ4n) is 1.95. The molecule has 2 aromatic carbocycles. The van der Waals surface area contributed by atoms with Crippen LogP contribution in [0.3, 0.4) is 0 Å². The number of hydrogen-bond acceptors (Lipinski definition) is 2. The molecule has 3 nitrogen and oxygen atoms in total. The van der Waals surface area contributed by atoms with Crippen LogP contribution >= 0.6 is 0 Å². The van der Waals surface area contributed by atoms with E-state index in [4.69, 9.17) is 0 Å². The van der Waals surface area contributed by atoms with Crippen molar-refractivity contribution in [2.45, 2.75) is 12.8 Å². The van der Waals surface area contributed by atoms with Gasteiger partial charge in [-0.3, -0.25) is 4.79 Å². The van der Waals surface area contributed by atoms with Crippen molar-refractivity contribution in [1.29, 1.82) is 0 Å². The number of carbonyl (C=O) groups excluding carboxylic acids is 1. The van der Waals surface area contributed by atoms with Crippen LogP contribution in [-0.2, 0) is 11.0 Å². The van der Waals surface area contributed by atoms with Gasteiger partial charge in [-0.25, -0.2) is 0 Å². The molecule has 0 radical (unpaired) electrons. The summed E-state index contributed by atoms with van der Waals surface area (Å²) in [5.41, 5.74) is -0.823. The zero-order valence-corrected chi connectivity index (χ0v) is 12.6. The second kappa shape index (κ2) is 7.78. The maximum Gasteiger partial charge on any atom is 0.418 e. The Labute approximate surface area is 139 Å². The molecule has 25 heavy (non-hydrogen) atoms. The summed E-state index contributed by atoms with van der Waals surface area (Å²) in [6.45, 7) is -2.94. The van der Waals surface area contributed by atoms with Gasteiger partial charge in [0.05, 0.1) is 11.3 Å². The Balaban J connectivity index is 2.04. The Kier molecular flexibility index (Phi) is 5.74. The van der Waals surface area contributed by atoms with Crippen molar-refractivity contribution in [3.63, 3.8) is 0 Å². The second-order valence-electron chi connectivity index (χ2n) is 4.81. The first-order valence-corrected chi connectivity index (χ1v) is 6.96. The maximum atomic E-state index is 12.8. The molecule has 0 saturated carbocycles. The molecule has 0 unspecified atom stereocenters. The first-order chi connectivity index (χ1) is 11.8. The SMILES string of the molecule is O=C(/C=C/c1ccc(OC(F)F)cc1)Nc1ccccc1C(F)(F)F. The van der Waals surface area contributed by atoms with Crippen molar-refractivity contribution in [2.24, 2.45) is 0 Å². The van der Waals surface area contributed by atoms with Gasteiger partial charge in [0.1, 0.15) is 5.75 Å². The largest absolute Gasteiger partial charge is 0.435 e. The first kappa shape index (κ1) is 18.4. The number of rotatable bonds is 5. The van der Waals surface area contributed by atoms with E-state index in [0.717, 1.165) is 18.2 Å². The van der Waals surface area contributed by atoms with E-state index in [2.05, 4.69) is 10.1 Å². The summed E-state index contributed by atoms with van der Waals surface area (Å²) in [5.74, 6) is -0.805. The molecule has 0 aromatic heterocycles. The lowest BCUT2D eigenvalue weighted by Crippen LogP contribution is -2.14. The van der Waals surface area contributed by atoms with Crippen molar-refractivity contribution < 1.29 is 31.5 Å². The van der Waals surface area contributed by atoms with Crippen molar-refractivity contribution in [3.05, 3.63) is 65.7 Å². The van der Waals surface area contributed by atoms with E-state index in [-0.39, 0.29) is 11.4 Å². The molecule has 8 heteroatoms. The predicted molar refractivity (Wildman–Crippen MR) is 82.2 cm³/mol. The number of nitrogens with one attached hydrogen (secondary N) is 1. The molecule has 0 saturated heterocycles. The minimum Gasteiger partial charge on any atom is -0.435 e. The molecule has 0 fully saturated rings. The number of anilines is 1. The van der Waals surface area contributed by atoms with Crippen LogP contribution in [-0.4, -0.2) is 12.5 Å². The number of carbonyl (C=O) groups is 1. The summed E-state index contributed by atoms with van der Waals surface area (Å²) in [6, 6.07) is 10.0. The van der Waals surface area contributed by atoms with Gasteiger partial charge in [-0.05, 0) is 35.9 Å². The lowest BCUT2D eigenvalue weighted by Gasteiger charge is -2.12. The Morgan fingerprint density at radius 2 is 1.68 bits per heavy atom. The zero-order valence-electron chi connectivity index (χ0n) is 12.6. The maximum absolute atomic E-state index is 12.8. The van der Waals surface area contributed by atoms with Gasteiger partial charge in [0.25, 0.3) is 0 Å². The van der Waals surface area contributed by atoms with Gasteiger partial charge in [0.2, 0.25) is 5.91 Å². The number of ether oxygens (including phenoxy) is 1.